The number of anilines is 1. The molecule has 1 amide bonds. The zero-order valence-corrected chi connectivity index (χ0v) is 15.4. The van der Waals surface area contributed by atoms with Crippen molar-refractivity contribution in [2.75, 3.05) is 32.1 Å². The molecule has 0 unspecified atom stereocenters. The zero-order chi connectivity index (χ0) is 17.8. The molecule has 0 aliphatic carbocycles. The fraction of sp³-hybridized carbons (Fsp3) is 0.381. The van der Waals surface area contributed by atoms with Crippen molar-refractivity contribution in [3.05, 3.63) is 65.7 Å². The molecule has 4 heteroatoms. The number of rotatable bonds is 6. The van der Waals surface area contributed by atoms with E-state index in [1.807, 2.05) is 17.0 Å². The predicted molar refractivity (Wildman–Crippen MR) is 101 cm³/mol. The molecule has 0 saturated heterocycles. The first-order valence-electron chi connectivity index (χ1n) is 9.14. The largest absolute Gasteiger partial charge is 0.333 e. The smallest absolute Gasteiger partial charge is 0.282 e. The highest BCUT2D eigenvalue weighted by Gasteiger charge is 2.31. The minimum Gasteiger partial charge on any atom is -0.333 e. The van der Waals surface area contributed by atoms with Gasteiger partial charge in [-0.25, -0.2) is 0 Å². The molecule has 1 heterocycles. The van der Waals surface area contributed by atoms with E-state index in [1.54, 1.807) is 0 Å². The second kappa shape index (κ2) is 7.81. The number of nitrogens with one attached hydrogen (secondary N) is 1. The fourth-order valence-corrected chi connectivity index (χ4v) is 3.81. The van der Waals surface area contributed by atoms with E-state index >= 15 is 0 Å². The van der Waals surface area contributed by atoms with Crippen LogP contribution in [0.5, 0.6) is 0 Å². The maximum Gasteiger partial charge on any atom is 0.282 e. The van der Waals surface area contributed by atoms with Crippen molar-refractivity contribution in [2.45, 2.75) is 25.4 Å². The Balaban J connectivity index is 1.61. The van der Waals surface area contributed by atoms with E-state index in [0.29, 0.717) is 12.6 Å². The number of likely N-dealkylation sites (N-methyl/N-ethyl adjacent to an activating group) is 1. The van der Waals surface area contributed by atoms with Gasteiger partial charge in [0.2, 0.25) is 0 Å². The fourth-order valence-electron chi connectivity index (χ4n) is 3.81. The minimum absolute atomic E-state index is 0.206. The summed E-state index contributed by atoms with van der Waals surface area (Å²) in [5.41, 5.74) is 3.69. The molecule has 2 aromatic carbocycles. The molecular formula is C21H29N3O+2. The highest BCUT2D eigenvalue weighted by molar-refractivity contribution is 5.96. The number of quaternary nitrogens is 2. The molecule has 3 rings (SSSR count). The number of benzene rings is 2. The summed E-state index contributed by atoms with van der Waals surface area (Å²) in [7, 11) is 4.35. The van der Waals surface area contributed by atoms with Crippen molar-refractivity contribution in [1.29, 1.82) is 0 Å². The molecule has 1 aliphatic heterocycles. The van der Waals surface area contributed by atoms with E-state index in [4.69, 9.17) is 0 Å². The average Bonchev–Trinajstić information content (AvgIpc) is 2.94. The molecule has 2 atom stereocenters. The van der Waals surface area contributed by atoms with Crippen molar-refractivity contribution in [2.24, 2.45) is 0 Å². The molecule has 1 aliphatic rings. The maximum absolute atomic E-state index is 12.8. The van der Waals surface area contributed by atoms with Crippen LogP contribution in [0.25, 0.3) is 0 Å². The van der Waals surface area contributed by atoms with Crippen LogP contribution in [-0.4, -0.2) is 39.1 Å². The maximum atomic E-state index is 12.8. The molecule has 4 nitrogen and oxygen atoms in total. The van der Waals surface area contributed by atoms with Crippen LogP contribution in [0, 0.1) is 0 Å². The molecule has 25 heavy (non-hydrogen) atoms. The number of hydrogen-bond acceptors (Lipinski definition) is 1. The highest BCUT2D eigenvalue weighted by atomic mass is 16.2. The molecule has 3 N–H and O–H groups in total. The lowest BCUT2D eigenvalue weighted by Crippen LogP contribution is -3.09. The summed E-state index contributed by atoms with van der Waals surface area (Å²) in [5.74, 6) is 0.206. The van der Waals surface area contributed by atoms with Gasteiger partial charge >= 0.3 is 0 Å². The standard InChI is InChI=1S/C21H27N3O/c1-16-13-18-11-7-8-12-19(18)24(16)21(25)15-22-14-20(23(2)3)17-9-5-4-6-10-17/h4-12,16,20,22H,13-15H2,1-3H3/p+2/t16-,20+/m0/s1. The van der Waals surface area contributed by atoms with E-state index in [-0.39, 0.29) is 11.9 Å². The summed E-state index contributed by atoms with van der Waals surface area (Å²) < 4.78 is 0. The Hall–Kier alpha value is -2.17. The Kier molecular flexibility index (Phi) is 5.51. The molecule has 2 aromatic rings. The second-order valence-corrected chi connectivity index (χ2v) is 7.21. The van der Waals surface area contributed by atoms with Crippen molar-refractivity contribution in [3.8, 4) is 0 Å². The first-order chi connectivity index (χ1) is 12.1. The summed E-state index contributed by atoms with van der Waals surface area (Å²) in [6.45, 7) is 3.53. The Morgan fingerprint density at radius 2 is 1.84 bits per heavy atom. The number of nitrogens with two attached hydrogens (primary N) is 1. The molecule has 132 valence electrons. The normalized spacial score (nSPS) is 17.6. The summed E-state index contributed by atoms with van der Waals surface area (Å²) in [6, 6.07) is 19.5. The second-order valence-electron chi connectivity index (χ2n) is 7.21. The highest BCUT2D eigenvalue weighted by Crippen LogP contribution is 2.31. The molecule has 0 radical (unpaired) electrons. The van der Waals surface area contributed by atoms with Gasteiger partial charge in [0.1, 0.15) is 6.54 Å². The average molecular weight is 339 g/mol. The van der Waals surface area contributed by atoms with Gasteiger partial charge in [-0.05, 0) is 25.0 Å². The Morgan fingerprint density at radius 1 is 1.16 bits per heavy atom. The molecule has 0 aromatic heterocycles. The van der Waals surface area contributed by atoms with E-state index in [1.165, 1.54) is 16.0 Å². The lowest BCUT2D eigenvalue weighted by molar-refractivity contribution is -0.908. The zero-order valence-electron chi connectivity index (χ0n) is 15.4. The van der Waals surface area contributed by atoms with Gasteiger partial charge in [-0.15, -0.1) is 0 Å². The van der Waals surface area contributed by atoms with Crippen LogP contribution in [0.2, 0.25) is 0 Å². The third kappa shape index (κ3) is 3.91. The van der Waals surface area contributed by atoms with E-state index < -0.39 is 0 Å². The van der Waals surface area contributed by atoms with Crippen molar-refractivity contribution in [3.63, 3.8) is 0 Å². The molecular weight excluding hydrogens is 310 g/mol. The SMILES string of the molecule is C[C@H]1Cc2ccccc2N1C(=O)C[NH2+]C[C@H](c1ccccc1)[NH+](C)C. The lowest BCUT2D eigenvalue weighted by atomic mass is 10.1. The van der Waals surface area contributed by atoms with Crippen LogP contribution in [-0.2, 0) is 11.2 Å². The van der Waals surface area contributed by atoms with Gasteiger partial charge in [-0.3, -0.25) is 4.79 Å². The number of para-hydroxylation sites is 1. The van der Waals surface area contributed by atoms with Crippen LogP contribution < -0.4 is 15.1 Å². The number of carbonyl (C=O) groups is 1. The van der Waals surface area contributed by atoms with Gasteiger partial charge in [-0.1, -0.05) is 48.5 Å². The number of carbonyl (C=O) groups excluding carboxylic acids is 1. The molecule has 0 saturated carbocycles. The summed E-state index contributed by atoms with van der Waals surface area (Å²) in [6.07, 6.45) is 0.955. The number of amides is 1. The van der Waals surface area contributed by atoms with E-state index in [9.17, 15) is 4.79 Å². The van der Waals surface area contributed by atoms with Crippen molar-refractivity contribution in [1.82, 2.24) is 0 Å². The van der Waals surface area contributed by atoms with Gasteiger partial charge in [0, 0.05) is 17.3 Å². The monoisotopic (exact) mass is 339 g/mol. The third-order valence-electron chi connectivity index (χ3n) is 5.10. The topological polar surface area (TPSA) is 41.4 Å². The van der Waals surface area contributed by atoms with Crippen LogP contribution in [0.15, 0.2) is 54.6 Å². The molecule has 0 fully saturated rings. The number of fused-ring (bicyclic) bond motifs is 1. The predicted octanol–water partition coefficient (Wildman–Crippen LogP) is 0.413. The van der Waals surface area contributed by atoms with Gasteiger partial charge in [0.25, 0.3) is 5.91 Å². The quantitative estimate of drug-likeness (QED) is 0.787. The molecule has 0 bridgehead atoms. The summed E-state index contributed by atoms with van der Waals surface area (Å²) >= 11 is 0. The van der Waals surface area contributed by atoms with E-state index in [2.05, 4.69) is 68.8 Å². The first-order valence-corrected chi connectivity index (χ1v) is 9.14. The van der Waals surface area contributed by atoms with Crippen LogP contribution in [0.1, 0.15) is 24.1 Å². The van der Waals surface area contributed by atoms with Gasteiger partial charge in [-0.2, -0.15) is 0 Å². The number of nitrogens with zero attached hydrogens (tertiary/aromatic N) is 1. The van der Waals surface area contributed by atoms with Gasteiger partial charge < -0.3 is 15.1 Å². The Bertz CT molecular complexity index is 714. The van der Waals surface area contributed by atoms with Crippen LogP contribution >= 0.6 is 0 Å². The van der Waals surface area contributed by atoms with Gasteiger partial charge in [0.05, 0.1) is 14.1 Å². The van der Waals surface area contributed by atoms with Crippen LogP contribution in [0.4, 0.5) is 5.69 Å². The summed E-state index contributed by atoms with van der Waals surface area (Å²) in [5, 5.41) is 2.15. The van der Waals surface area contributed by atoms with Crippen molar-refractivity contribution < 1.29 is 15.0 Å². The Morgan fingerprint density at radius 3 is 2.56 bits per heavy atom. The molecule has 0 spiro atoms. The Labute approximate surface area is 150 Å². The van der Waals surface area contributed by atoms with Gasteiger partial charge in [0.15, 0.2) is 12.6 Å². The lowest BCUT2D eigenvalue weighted by Gasteiger charge is -2.23. The number of hydrogen-bond donors (Lipinski definition) is 2. The summed E-state index contributed by atoms with van der Waals surface area (Å²) in [4.78, 5) is 16.2. The minimum atomic E-state index is 0.206. The first kappa shape index (κ1) is 17.6. The third-order valence-corrected chi connectivity index (χ3v) is 5.10. The van der Waals surface area contributed by atoms with Crippen LogP contribution in [0.3, 0.4) is 0 Å². The van der Waals surface area contributed by atoms with E-state index in [0.717, 1.165) is 18.7 Å². The van der Waals surface area contributed by atoms with Crippen molar-refractivity contribution >= 4 is 11.6 Å².